The Balaban J connectivity index is 2.05. The molecular weight excluding hydrogens is 356 g/mol. The number of aliphatic carboxylic acids is 1. The van der Waals surface area contributed by atoms with Crippen molar-refractivity contribution >= 4 is 23.5 Å². The molecule has 2 aromatic carbocycles. The van der Waals surface area contributed by atoms with Crippen molar-refractivity contribution in [2.75, 3.05) is 11.9 Å². The molecule has 0 heterocycles. The maximum absolute atomic E-state index is 13.0. The molecule has 0 saturated heterocycles. The number of rotatable bonds is 10. The topological polar surface area (TPSA) is 86.7 Å². The van der Waals surface area contributed by atoms with Gasteiger partial charge in [-0.15, -0.1) is 0 Å². The molecule has 2 aromatic rings. The average Bonchev–Trinajstić information content (AvgIpc) is 2.71. The zero-order valence-electron chi connectivity index (χ0n) is 16.0. The molecule has 148 valence electrons. The second-order valence-electron chi connectivity index (χ2n) is 6.64. The van der Waals surface area contributed by atoms with Gasteiger partial charge in [-0.05, 0) is 30.5 Å². The van der Waals surface area contributed by atoms with Crippen molar-refractivity contribution in [3.63, 3.8) is 0 Å². The summed E-state index contributed by atoms with van der Waals surface area (Å²) in [6.45, 7) is 0. The number of unbranched alkanes of at least 4 members (excludes halogenated alkanes) is 1. The Kier molecular flexibility index (Phi) is 8.21. The first-order valence-corrected chi connectivity index (χ1v) is 9.35. The van der Waals surface area contributed by atoms with E-state index in [2.05, 4.69) is 5.32 Å². The molecule has 0 unspecified atom stereocenters. The van der Waals surface area contributed by atoms with Crippen molar-refractivity contribution in [2.45, 2.75) is 38.1 Å². The predicted octanol–water partition coefficient (Wildman–Crippen LogP) is 3.02. The maximum Gasteiger partial charge on any atom is 0.303 e. The molecule has 2 rings (SSSR count). The van der Waals surface area contributed by atoms with Crippen LogP contribution in [0.5, 0.6) is 0 Å². The molecule has 2 N–H and O–H groups in total. The van der Waals surface area contributed by atoms with Crippen LogP contribution in [0.1, 0.15) is 31.2 Å². The van der Waals surface area contributed by atoms with E-state index in [1.807, 2.05) is 60.7 Å². The van der Waals surface area contributed by atoms with Gasteiger partial charge >= 0.3 is 5.97 Å². The Bertz CT molecular complexity index is 778. The number of nitrogens with one attached hydrogen (secondary N) is 1. The Morgan fingerprint density at radius 1 is 0.929 bits per heavy atom. The summed E-state index contributed by atoms with van der Waals surface area (Å²) in [6.07, 6.45) is 1.53. The number of carboxylic acids is 1. The van der Waals surface area contributed by atoms with Crippen LogP contribution in [0.2, 0.25) is 0 Å². The highest BCUT2D eigenvalue weighted by Crippen LogP contribution is 2.14. The van der Waals surface area contributed by atoms with Crippen molar-refractivity contribution in [1.82, 2.24) is 5.32 Å². The van der Waals surface area contributed by atoms with Crippen LogP contribution in [0, 0.1) is 0 Å². The lowest BCUT2D eigenvalue weighted by Crippen LogP contribution is -2.48. The molecule has 0 aliphatic carbocycles. The number of likely N-dealkylation sites (N-methyl/N-ethyl adjacent to an activating group) is 1. The number of carbonyl (C=O) groups is 3. The fourth-order valence-corrected chi connectivity index (χ4v) is 2.89. The van der Waals surface area contributed by atoms with Gasteiger partial charge in [0.2, 0.25) is 11.8 Å². The average molecular weight is 382 g/mol. The Morgan fingerprint density at radius 2 is 1.50 bits per heavy atom. The molecule has 0 saturated carbocycles. The van der Waals surface area contributed by atoms with Gasteiger partial charge in [-0.2, -0.15) is 0 Å². The Morgan fingerprint density at radius 3 is 2.11 bits per heavy atom. The van der Waals surface area contributed by atoms with E-state index >= 15 is 0 Å². The monoisotopic (exact) mass is 382 g/mol. The summed E-state index contributed by atoms with van der Waals surface area (Å²) in [4.78, 5) is 37.5. The molecule has 28 heavy (non-hydrogen) atoms. The minimum absolute atomic E-state index is 0.0381. The number of amides is 2. The van der Waals surface area contributed by atoms with E-state index in [1.54, 1.807) is 7.05 Å². The third kappa shape index (κ3) is 6.87. The smallest absolute Gasteiger partial charge is 0.303 e. The van der Waals surface area contributed by atoms with E-state index < -0.39 is 12.0 Å². The number of hydrogen-bond donors (Lipinski definition) is 2. The van der Waals surface area contributed by atoms with Crippen molar-refractivity contribution in [3.8, 4) is 0 Å². The summed E-state index contributed by atoms with van der Waals surface area (Å²) in [5, 5.41) is 11.5. The normalized spacial score (nSPS) is 11.5. The number of benzene rings is 2. The number of nitrogens with zero attached hydrogens (tertiary/aromatic N) is 1. The van der Waals surface area contributed by atoms with Crippen LogP contribution in [0.15, 0.2) is 60.7 Å². The zero-order chi connectivity index (χ0) is 20.4. The quantitative estimate of drug-likeness (QED) is 0.619. The summed E-state index contributed by atoms with van der Waals surface area (Å²) < 4.78 is 0. The summed E-state index contributed by atoms with van der Waals surface area (Å²) >= 11 is 0. The van der Waals surface area contributed by atoms with Crippen molar-refractivity contribution < 1.29 is 19.5 Å². The van der Waals surface area contributed by atoms with Crippen LogP contribution >= 0.6 is 0 Å². The van der Waals surface area contributed by atoms with E-state index in [4.69, 9.17) is 5.11 Å². The SMILES string of the molecule is CN(C(=O)[C@H](Cc1ccccc1)NC(=O)CCCCC(=O)O)c1ccccc1. The van der Waals surface area contributed by atoms with E-state index in [-0.39, 0.29) is 24.7 Å². The van der Waals surface area contributed by atoms with E-state index in [1.165, 1.54) is 4.90 Å². The van der Waals surface area contributed by atoms with Gasteiger partial charge in [0.05, 0.1) is 0 Å². The summed E-state index contributed by atoms with van der Waals surface area (Å²) in [5.74, 6) is -1.32. The summed E-state index contributed by atoms with van der Waals surface area (Å²) in [7, 11) is 1.69. The molecule has 0 aromatic heterocycles. The van der Waals surface area contributed by atoms with Crippen molar-refractivity contribution in [1.29, 1.82) is 0 Å². The molecule has 0 radical (unpaired) electrons. The fourth-order valence-electron chi connectivity index (χ4n) is 2.89. The van der Waals surface area contributed by atoms with Gasteiger partial charge in [0, 0.05) is 32.0 Å². The van der Waals surface area contributed by atoms with Crippen LogP contribution in [0.4, 0.5) is 5.69 Å². The van der Waals surface area contributed by atoms with Crippen LogP contribution in [-0.2, 0) is 20.8 Å². The first-order valence-electron chi connectivity index (χ1n) is 9.35. The standard InChI is InChI=1S/C22H26N2O4/c1-24(18-12-6-3-7-13-18)22(28)19(16-17-10-4-2-5-11-17)23-20(25)14-8-9-15-21(26)27/h2-7,10-13,19H,8-9,14-16H2,1H3,(H,23,25)(H,26,27)/t19-/m0/s1. The zero-order valence-corrected chi connectivity index (χ0v) is 16.0. The van der Waals surface area contributed by atoms with Crippen LogP contribution in [0.3, 0.4) is 0 Å². The van der Waals surface area contributed by atoms with Gasteiger partial charge < -0.3 is 15.3 Å². The number of carbonyl (C=O) groups excluding carboxylic acids is 2. The van der Waals surface area contributed by atoms with E-state index in [9.17, 15) is 14.4 Å². The lowest BCUT2D eigenvalue weighted by atomic mass is 10.0. The van der Waals surface area contributed by atoms with Gasteiger partial charge in [0.25, 0.3) is 0 Å². The lowest BCUT2D eigenvalue weighted by molar-refractivity contribution is -0.137. The molecule has 1 atom stereocenters. The maximum atomic E-state index is 13.0. The number of hydrogen-bond acceptors (Lipinski definition) is 3. The summed E-state index contributed by atoms with van der Waals surface area (Å²) in [6, 6.07) is 18.1. The Labute approximate surface area is 165 Å². The Hall–Kier alpha value is -3.15. The molecule has 0 spiro atoms. The van der Waals surface area contributed by atoms with Crippen LogP contribution in [-0.4, -0.2) is 36.0 Å². The highest BCUT2D eigenvalue weighted by atomic mass is 16.4. The largest absolute Gasteiger partial charge is 0.481 e. The second kappa shape index (κ2) is 10.9. The van der Waals surface area contributed by atoms with Gasteiger partial charge in [-0.3, -0.25) is 14.4 Å². The molecule has 0 bridgehead atoms. The minimum atomic E-state index is -0.873. The first-order chi connectivity index (χ1) is 13.5. The van der Waals surface area contributed by atoms with Crippen LogP contribution < -0.4 is 10.2 Å². The van der Waals surface area contributed by atoms with Crippen molar-refractivity contribution in [3.05, 3.63) is 66.2 Å². The minimum Gasteiger partial charge on any atom is -0.481 e. The number of anilines is 1. The molecule has 0 aliphatic heterocycles. The molecule has 6 nitrogen and oxygen atoms in total. The second-order valence-corrected chi connectivity index (χ2v) is 6.64. The molecular formula is C22H26N2O4. The number of carboxylic acid groups (broad SMARTS) is 1. The fraction of sp³-hybridized carbons (Fsp3) is 0.318. The lowest BCUT2D eigenvalue weighted by Gasteiger charge is -2.25. The molecule has 0 fully saturated rings. The van der Waals surface area contributed by atoms with E-state index in [0.29, 0.717) is 19.3 Å². The molecule has 2 amide bonds. The molecule has 6 heteroatoms. The number of para-hydroxylation sites is 1. The summed E-state index contributed by atoms with van der Waals surface area (Å²) in [5.41, 5.74) is 1.70. The van der Waals surface area contributed by atoms with E-state index in [0.717, 1.165) is 11.3 Å². The molecule has 0 aliphatic rings. The predicted molar refractivity (Wildman–Crippen MR) is 108 cm³/mol. The third-order valence-corrected chi connectivity index (χ3v) is 4.43. The first kappa shape index (κ1) is 21.2. The van der Waals surface area contributed by atoms with Gasteiger partial charge in [0.1, 0.15) is 6.04 Å². The van der Waals surface area contributed by atoms with Gasteiger partial charge in [0.15, 0.2) is 0 Å². The van der Waals surface area contributed by atoms with Crippen LogP contribution in [0.25, 0.3) is 0 Å². The highest BCUT2D eigenvalue weighted by Gasteiger charge is 2.25. The highest BCUT2D eigenvalue weighted by molar-refractivity contribution is 5.99. The van der Waals surface area contributed by atoms with Gasteiger partial charge in [-0.1, -0.05) is 48.5 Å². The van der Waals surface area contributed by atoms with Crippen molar-refractivity contribution in [2.24, 2.45) is 0 Å². The third-order valence-electron chi connectivity index (χ3n) is 4.43. The van der Waals surface area contributed by atoms with Gasteiger partial charge in [-0.25, -0.2) is 0 Å².